The highest BCUT2D eigenvalue weighted by atomic mass is 16.6. The molecular formula is C25H32O3. The molecule has 2 aromatic carbocycles. The van der Waals surface area contributed by atoms with Gasteiger partial charge in [-0.2, -0.15) is 0 Å². The van der Waals surface area contributed by atoms with Crippen molar-refractivity contribution in [2.75, 3.05) is 0 Å². The first-order valence-corrected chi connectivity index (χ1v) is 10.2. The average Bonchev–Trinajstić information content (AvgIpc) is 2.61. The first-order chi connectivity index (χ1) is 13.1. The molecule has 1 aliphatic rings. The van der Waals surface area contributed by atoms with Gasteiger partial charge in [0.15, 0.2) is 5.60 Å². The molecule has 1 fully saturated rings. The van der Waals surface area contributed by atoms with E-state index in [2.05, 4.69) is 32.9 Å². The predicted molar refractivity (Wildman–Crippen MR) is 113 cm³/mol. The van der Waals surface area contributed by atoms with Crippen LogP contribution in [0.25, 0.3) is 11.1 Å². The van der Waals surface area contributed by atoms with Crippen LogP contribution in [-0.4, -0.2) is 17.7 Å². The Bertz CT molecular complexity index is 790. The summed E-state index contributed by atoms with van der Waals surface area (Å²) in [6.07, 6.45) is 2.98. The van der Waals surface area contributed by atoms with Crippen molar-refractivity contribution in [3.05, 3.63) is 54.6 Å². The van der Waals surface area contributed by atoms with Gasteiger partial charge >= 0.3 is 5.97 Å². The normalized spacial score (nSPS) is 21.8. The highest BCUT2D eigenvalue weighted by Gasteiger charge is 2.38. The Hall–Kier alpha value is -2.29. The summed E-state index contributed by atoms with van der Waals surface area (Å²) in [5, 5.41) is 0. The van der Waals surface area contributed by atoms with Crippen LogP contribution >= 0.6 is 0 Å². The van der Waals surface area contributed by atoms with Crippen LogP contribution in [0.2, 0.25) is 0 Å². The first-order valence-electron chi connectivity index (χ1n) is 10.2. The van der Waals surface area contributed by atoms with Crippen LogP contribution in [0.5, 0.6) is 5.75 Å². The van der Waals surface area contributed by atoms with Crippen molar-refractivity contribution < 1.29 is 14.3 Å². The number of rotatable bonds is 5. The highest BCUT2D eigenvalue weighted by molar-refractivity contribution is 5.79. The van der Waals surface area contributed by atoms with Crippen LogP contribution in [0.1, 0.15) is 53.9 Å². The Morgan fingerprint density at radius 3 is 2.18 bits per heavy atom. The molecule has 0 aromatic heterocycles. The number of hydrogen-bond donors (Lipinski definition) is 0. The summed E-state index contributed by atoms with van der Waals surface area (Å²) in [5.41, 5.74) is 1.45. The van der Waals surface area contributed by atoms with E-state index in [1.54, 1.807) is 13.8 Å². The molecule has 0 N–H and O–H groups in total. The van der Waals surface area contributed by atoms with Gasteiger partial charge in [-0.1, -0.05) is 63.2 Å². The molecule has 2 atom stereocenters. The number of ether oxygens (including phenoxy) is 2. The average molecular weight is 381 g/mol. The van der Waals surface area contributed by atoms with Gasteiger partial charge in [0.2, 0.25) is 0 Å². The monoisotopic (exact) mass is 380 g/mol. The second-order valence-electron chi connectivity index (χ2n) is 9.44. The minimum absolute atomic E-state index is 0.0328. The van der Waals surface area contributed by atoms with Crippen LogP contribution in [0.4, 0.5) is 0 Å². The number of carbonyl (C=O) groups excluding carboxylic acids is 1. The minimum Gasteiger partial charge on any atom is -0.476 e. The number of carbonyl (C=O) groups is 1. The van der Waals surface area contributed by atoms with E-state index in [0.29, 0.717) is 11.7 Å². The van der Waals surface area contributed by atoms with Crippen LogP contribution in [-0.2, 0) is 9.53 Å². The summed E-state index contributed by atoms with van der Waals surface area (Å²) in [4.78, 5) is 12.8. The fourth-order valence-electron chi connectivity index (χ4n) is 4.32. The van der Waals surface area contributed by atoms with Crippen LogP contribution in [0, 0.1) is 11.3 Å². The molecular weight excluding hydrogens is 348 g/mol. The molecule has 28 heavy (non-hydrogen) atoms. The van der Waals surface area contributed by atoms with Crippen molar-refractivity contribution >= 4 is 5.97 Å². The summed E-state index contributed by atoms with van der Waals surface area (Å²) in [5.74, 6) is 0.935. The quantitative estimate of drug-likeness (QED) is 0.574. The highest BCUT2D eigenvalue weighted by Crippen LogP contribution is 2.40. The summed E-state index contributed by atoms with van der Waals surface area (Å²) in [6.45, 7) is 10.3. The van der Waals surface area contributed by atoms with E-state index in [-0.39, 0.29) is 17.5 Å². The molecule has 0 saturated heterocycles. The molecule has 1 aliphatic carbocycles. The minimum atomic E-state index is -1.03. The van der Waals surface area contributed by atoms with Crippen molar-refractivity contribution in [2.24, 2.45) is 11.3 Å². The Balaban J connectivity index is 1.63. The Labute approximate surface area is 169 Å². The molecule has 150 valence electrons. The molecule has 3 heteroatoms. The van der Waals surface area contributed by atoms with Crippen molar-refractivity contribution in [3.8, 4) is 16.9 Å². The number of esters is 1. The van der Waals surface area contributed by atoms with Gasteiger partial charge in [-0.25, -0.2) is 4.79 Å². The predicted octanol–water partition coefficient (Wildman–Crippen LogP) is 6.27. The third-order valence-electron chi connectivity index (χ3n) is 5.45. The third kappa shape index (κ3) is 5.15. The van der Waals surface area contributed by atoms with E-state index in [1.165, 1.54) is 6.42 Å². The van der Waals surface area contributed by atoms with Gasteiger partial charge in [-0.05, 0) is 67.7 Å². The molecule has 3 nitrogen and oxygen atoms in total. The van der Waals surface area contributed by atoms with Gasteiger partial charge in [-0.15, -0.1) is 0 Å². The number of benzene rings is 2. The lowest BCUT2D eigenvalue weighted by Crippen LogP contribution is -2.43. The Morgan fingerprint density at radius 2 is 1.57 bits per heavy atom. The van der Waals surface area contributed by atoms with E-state index in [1.807, 2.05) is 42.5 Å². The lowest BCUT2D eigenvalue weighted by Gasteiger charge is -2.39. The second-order valence-corrected chi connectivity index (χ2v) is 9.44. The van der Waals surface area contributed by atoms with Crippen LogP contribution in [0.15, 0.2) is 54.6 Å². The van der Waals surface area contributed by atoms with Crippen molar-refractivity contribution in [1.82, 2.24) is 0 Å². The van der Waals surface area contributed by atoms with E-state index in [4.69, 9.17) is 9.47 Å². The van der Waals surface area contributed by atoms with Crippen LogP contribution in [0.3, 0.4) is 0 Å². The maximum Gasteiger partial charge on any atom is 0.350 e. The SMILES string of the molecule is C[C@@H]1C[C@H](OC(=O)C(C)(C)Oc2ccc(-c3ccccc3)cc2)CC(C)(C)C1. The molecule has 0 spiro atoms. The summed E-state index contributed by atoms with van der Waals surface area (Å²) in [7, 11) is 0. The number of hydrogen-bond acceptors (Lipinski definition) is 3. The van der Waals surface area contributed by atoms with Gasteiger partial charge in [0.05, 0.1) is 0 Å². The van der Waals surface area contributed by atoms with E-state index < -0.39 is 5.60 Å². The zero-order valence-electron chi connectivity index (χ0n) is 17.7. The van der Waals surface area contributed by atoms with Gasteiger partial charge in [0, 0.05) is 0 Å². The van der Waals surface area contributed by atoms with Gasteiger partial charge in [0.25, 0.3) is 0 Å². The standard InChI is InChI=1S/C25H32O3/c1-18-15-22(17-24(2,3)16-18)27-23(26)25(4,5)28-21-13-11-20(12-14-21)19-9-7-6-8-10-19/h6-14,18,22H,15-17H2,1-5H3/t18-,22+/m1/s1. The second kappa shape index (κ2) is 7.98. The van der Waals surface area contributed by atoms with E-state index >= 15 is 0 Å². The molecule has 1 saturated carbocycles. The molecule has 2 aromatic rings. The fourth-order valence-corrected chi connectivity index (χ4v) is 4.32. The summed E-state index contributed by atoms with van der Waals surface area (Å²) >= 11 is 0. The largest absolute Gasteiger partial charge is 0.476 e. The summed E-state index contributed by atoms with van der Waals surface area (Å²) < 4.78 is 11.9. The Kier molecular flexibility index (Phi) is 5.83. The lowest BCUT2D eigenvalue weighted by molar-refractivity contribution is -0.169. The van der Waals surface area contributed by atoms with E-state index in [0.717, 1.165) is 24.0 Å². The zero-order valence-corrected chi connectivity index (χ0v) is 17.7. The van der Waals surface area contributed by atoms with Gasteiger partial charge < -0.3 is 9.47 Å². The van der Waals surface area contributed by atoms with Crippen molar-refractivity contribution in [2.45, 2.75) is 65.6 Å². The molecule has 0 radical (unpaired) electrons. The molecule has 0 heterocycles. The molecule has 0 aliphatic heterocycles. The molecule has 0 bridgehead atoms. The topological polar surface area (TPSA) is 35.5 Å². The summed E-state index contributed by atoms with van der Waals surface area (Å²) in [6, 6.07) is 18.0. The van der Waals surface area contributed by atoms with Crippen molar-refractivity contribution in [1.29, 1.82) is 0 Å². The molecule has 3 rings (SSSR count). The van der Waals surface area contributed by atoms with Gasteiger partial charge in [-0.3, -0.25) is 0 Å². The first kappa shape index (κ1) is 20.4. The third-order valence-corrected chi connectivity index (χ3v) is 5.45. The van der Waals surface area contributed by atoms with Gasteiger partial charge in [0.1, 0.15) is 11.9 Å². The Morgan fingerprint density at radius 1 is 0.964 bits per heavy atom. The fraction of sp³-hybridized carbons (Fsp3) is 0.480. The maximum atomic E-state index is 12.8. The van der Waals surface area contributed by atoms with Crippen LogP contribution < -0.4 is 4.74 Å². The lowest BCUT2D eigenvalue weighted by atomic mass is 9.71. The molecule has 0 amide bonds. The van der Waals surface area contributed by atoms with E-state index in [9.17, 15) is 4.79 Å². The molecule has 0 unspecified atom stereocenters. The maximum absolute atomic E-state index is 12.8. The van der Waals surface area contributed by atoms with Crippen molar-refractivity contribution in [3.63, 3.8) is 0 Å². The zero-order chi connectivity index (χ0) is 20.4. The smallest absolute Gasteiger partial charge is 0.350 e.